The van der Waals surface area contributed by atoms with E-state index in [1.54, 1.807) is 14.2 Å². The van der Waals surface area contributed by atoms with Gasteiger partial charge in [0.2, 0.25) is 0 Å². The molecule has 0 radical (unpaired) electrons. The third kappa shape index (κ3) is 3.87. The molecule has 0 aliphatic carbocycles. The minimum absolute atomic E-state index is 0.0729. The van der Waals surface area contributed by atoms with Crippen LogP contribution < -0.4 is 0 Å². The van der Waals surface area contributed by atoms with Crippen molar-refractivity contribution in [3.8, 4) is 0 Å². The summed E-state index contributed by atoms with van der Waals surface area (Å²) in [5.41, 5.74) is 0.0729. The first-order valence-electron chi connectivity index (χ1n) is 3.34. The fourth-order valence-corrected chi connectivity index (χ4v) is 2.42. The van der Waals surface area contributed by atoms with Crippen molar-refractivity contribution in [3.05, 3.63) is 0 Å². The van der Waals surface area contributed by atoms with Crippen LogP contribution in [0.15, 0.2) is 0 Å². The van der Waals surface area contributed by atoms with Gasteiger partial charge < -0.3 is 9.47 Å². The molecule has 0 bridgehead atoms. The number of alkyl halides is 2. The number of rotatable bonds is 6. The first-order chi connectivity index (χ1) is 5.24. The lowest BCUT2D eigenvalue weighted by Crippen LogP contribution is -2.35. The Hall–Kier alpha value is 0.880. The highest BCUT2D eigenvalue weighted by Gasteiger charge is 2.27. The maximum absolute atomic E-state index is 5.10. The molecule has 11 heavy (non-hydrogen) atoms. The molecule has 0 aromatic rings. The zero-order valence-corrected chi connectivity index (χ0v) is 10.1. The molecule has 4 heteroatoms. The first kappa shape index (κ1) is 11.9. The predicted octanol–water partition coefficient (Wildman–Crippen LogP) is 2.06. The molecule has 0 aromatic carbocycles. The van der Waals surface area contributed by atoms with E-state index in [0.717, 1.165) is 10.7 Å². The molecule has 0 aromatic heterocycles. The number of ether oxygens (including phenoxy) is 2. The molecule has 0 aliphatic heterocycles. The molecular formula is C7H14Br2O2. The Morgan fingerprint density at radius 3 is 1.55 bits per heavy atom. The predicted molar refractivity (Wildman–Crippen MR) is 53.8 cm³/mol. The van der Waals surface area contributed by atoms with Crippen LogP contribution in [0.1, 0.15) is 0 Å². The van der Waals surface area contributed by atoms with Crippen LogP contribution in [0.5, 0.6) is 0 Å². The second-order valence-corrected chi connectivity index (χ2v) is 3.75. The van der Waals surface area contributed by atoms with E-state index in [9.17, 15) is 0 Å². The molecule has 0 rings (SSSR count). The summed E-state index contributed by atoms with van der Waals surface area (Å²) in [6, 6.07) is 0. The molecule has 0 fully saturated rings. The number of hydrogen-bond acceptors (Lipinski definition) is 2. The third-order valence-electron chi connectivity index (χ3n) is 1.47. The highest BCUT2D eigenvalue weighted by atomic mass is 79.9. The van der Waals surface area contributed by atoms with Crippen LogP contribution in [-0.2, 0) is 9.47 Å². The van der Waals surface area contributed by atoms with Crippen molar-refractivity contribution in [1.82, 2.24) is 0 Å². The van der Waals surface area contributed by atoms with Gasteiger partial charge in [0.15, 0.2) is 0 Å². The van der Waals surface area contributed by atoms with E-state index in [-0.39, 0.29) is 5.41 Å². The summed E-state index contributed by atoms with van der Waals surface area (Å²) in [7, 11) is 3.41. The molecular weight excluding hydrogens is 276 g/mol. The van der Waals surface area contributed by atoms with E-state index in [2.05, 4.69) is 31.9 Å². The molecule has 0 heterocycles. The highest BCUT2D eigenvalue weighted by molar-refractivity contribution is 9.09. The summed E-state index contributed by atoms with van der Waals surface area (Å²) < 4.78 is 10.2. The summed E-state index contributed by atoms with van der Waals surface area (Å²) in [6.07, 6.45) is 0. The van der Waals surface area contributed by atoms with Crippen molar-refractivity contribution in [2.24, 2.45) is 5.41 Å². The zero-order valence-electron chi connectivity index (χ0n) is 6.90. The Labute approximate surface area is 84.9 Å². The molecule has 0 saturated carbocycles. The van der Waals surface area contributed by atoms with E-state index in [0.29, 0.717) is 13.2 Å². The van der Waals surface area contributed by atoms with Gasteiger partial charge in [0, 0.05) is 30.3 Å². The Morgan fingerprint density at radius 1 is 1.00 bits per heavy atom. The Bertz CT molecular complexity index is 86.4. The average molecular weight is 290 g/mol. The van der Waals surface area contributed by atoms with Gasteiger partial charge in [-0.05, 0) is 0 Å². The summed E-state index contributed by atoms with van der Waals surface area (Å²) >= 11 is 6.89. The SMILES string of the molecule is COCC(CBr)(CBr)COC. The lowest BCUT2D eigenvalue weighted by Gasteiger charge is -2.27. The average Bonchev–Trinajstić information content (AvgIpc) is 2.04. The van der Waals surface area contributed by atoms with Crippen molar-refractivity contribution < 1.29 is 9.47 Å². The minimum atomic E-state index is 0.0729. The second-order valence-electron chi connectivity index (χ2n) is 2.63. The quantitative estimate of drug-likeness (QED) is 0.697. The van der Waals surface area contributed by atoms with Crippen LogP contribution in [0.3, 0.4) is 0 Å². The van der Waals surface area contributed by atoms with Gasteiger partial charge in [-0.25, -0.2) is 0 Å². The first-order valence-corrected chi connectivity index (χ1v) is 5.59. The summed E-state index contributed by atoms with van der Waals surface area (Å²) in [5, 5.41) is 1.76. The van der Waals surface area contributed by atoms with Gasteiger partial charge in [-0.15, -0.1) is 0 Å². The standard InChI is InChI=1S/C7H14Br2O2/c1-10-5-7(3-8,4-9)6-11-2/h3-6H2,1-2H3. The zero-order chi connectivity index (χ0) is 8.74. The monoisotopic (exact) mass is 288 g/mol. The second kappa shape index (κ2) is 6.40. The van der Waals surface area contributed by atoms with E-state index in [1.165, 1.54) is 0 Å². The van der Waals surface area contributed by atoms with Crippen LogP contribution in [0.4, 0.5) is 0 Å². The van der Waals surface area contributed by atoms with Crippen molar-refractivity contribution in [2.45, 2.75) is 0 Å². The van der Waals surface area contributed by atoms with Gasteiger partial charge in [-0.1, -0.05) is 31.9 Å². The fourth-order valence-electron chi connectivity index (χ4n) is 0.844. The largest absolute Gasteiger partial charge is 0.384 e. The smallest absolute Gasteiger partial charge is 0.0556 e. The highest BCUT2D eigenvalue weighted by Crippen LogP contribution is 2.23. The molecule has 0 unspecified atom stereocenters. The van der Waals surface area contributed by atoms with Crippen molar-refractivity contribution >= 4 is 31.9 Å². The fraction of sp³-hybridized carbons (Fsp3) is 1.00. The Kier molecular flexibility index (Phi) is 6.91. The van der Waals surface area contributed by atoms with Crippen LogP contribution in [-0.4, -0.2) is 38.1 Å². The molecule has 0 amide bonds. The number of halogens is 2. The summed E-state index contributed by atoms with van der Waals surface area (Å²) in [4.78, 5) is 0. The van der Waals surface area contributed by atoms with Crippen LogP contribution in [0.25, 0.3) is 0 Å². The lowest BCUT2D eigenvalue weighted by atomic mass is 9.96. The van der Waals surface area contributed by atoms with Gasteiger partial charge in [0.05, 0.1) is 13.2 Å². The maximum atomic E-state index is 5.10. The van der Waals surface area contributed by atoms with E-state index in [1.807, 2.05) is 0 Å². The van der Waals surface area contributed by atoms with Crippen molar-refractivity contribution in [1.29, 1.82) is 0 Å². The van der Waals surface area contributed by atoms with E-state index < -0.39 is 0 Å². The van der Waals surface area contributed by atoms with Gasteiger partial charge >= 0.3 is 0 Å². The lowest BCUT2D eigenvalue weighted by molar-refractivity contribution is 0.0415. The van der Waals surface area contributed by atoms with Crippen LogP contribution in [0, 0.1) is 5.41 Å². The van der Waals surface area contributed by atoms with Gasteiger partial charge in [-0.3, -0.25) is 0 Å². The van der Waals surface area contributed by atoms with Crippen molar-refractivity contribution in [3.63, 3.8) is 0 Å². The summed E-state index contributed by atoms with van der Waals surface area (Å²) in [5.74, 6) is 0. The Balaban J connectivity index is 3.96. The van der Waals surface area contributed by atoms with Crippen LogP contribution in [0.2, 0.25) is 0 Å². The van der Waals surface area contributed by atoms with E-state index in [4.69, 9.17) is 9.47 Å². The normalized spacial score (nSPS) is 12.0. The minimum Gasteiger partial charge on any atom is -0.384 e. The molecule has 0 saturated heterocycles. The molecule has 0 N–H and O–H groups in total. The van der Waals surface area contributed by atoms with E-state index >= 15 is 0 Å². The topological polar surface area (TPSA) is 18.5 Å². The maximum Gasteiger partial charge on any atom is 0.0556 e. The molecule has 68 valence electrons. The molecule has 0 atom stereocenters. The van der Waals surface area contributed by atoms with Gasteiger partial charge in [-0.2, -0.15) is 0 Å². The summed E-state index contributed by atoms with van der Waals surface area (Å²) in [6.45, 7) is 1.41. The third-order valence-corrected chi connectivity index (χ3v) is 3.85. The number of methoxy groups -OCH3 is 2. The van der Waals surface area contributed by atoms with Crippen molar-refractivity contribution in [2.75, 3.05) is 38.1 Å². The van der Waals surface area contributed by atoms with Gasteiger partial charge in [0.1, 0.15) is 0 Å². The van der Waals surface area contributed by atoms with Gasteiger partial charge in [0.25, 0.3) is 0 Å². The Morgan fingerprint density at radius 2 is 1.36 bits per heavy atom. The molecule has 0 spiro atoms. The number of hydrogen-bond donors (Lipinski definition) is 0. The molecule has 0 aliphatic rings. The molecule has 2 nitrogen and oxygen atoms in total. The van der Waals surface area contributed by atoms with Crippen LogP contribution >= 0.6 is 31.9 Å².